The zero-order chi connectivity index (χ0) is 10.6. The third-order valence-corrected chi connectivity index (χ3v) is 3.14. The summed E-state index contributed by atoms with van der Waals surface area (Å²) in [5, 5.41) is 3.51. The Morgan fingerprint density at radius 1 is 1.29 bits per heavy atom. The van der Waals surface area contributed by atoms with Gasteiger partial charge in [0.25, 0.3) is 0 Å². The van der Waals surface area contributed by atoms with Crippen LogP contribution in [0.3, 0.4) is 0 Å². The molecule has 3 heteroatoms. The molecule has 0 unspecified atom stereocenters. The molecule has 0 radical (unpaired) electrons. The van der Waals surface area contributed by atoms with Crippen LogP contribution in [0, 0.1) is 0 Å². The van der Waals surface area contributed by atoms with Crippen LogP contribution in [0.15, 0.2) is 0 Å². The Hall–Kier alpha value is -0.120. The van der Waals surface area contributed by atoms with Crippen LogP contribution < -0.4 is 5.32 Å². The van der Waals surface area contributed by atoms with Gasteiger partial charge in [-0.25, -0.2) is 0 Å². The highest BCUT2D eigenvalue weighted by atomic mass is 16.5. The fourth-order valence-electron chi connectivity index (χ4n) is 1.60. The number of hydrogen-bond donors (Lipinski definition) is 1. The molecule has 0 amide bonds. The van der Waals surface area contributed by atoms with Crippen molar-refractivity contribution in [3.05, 3.63) is 0 Å². The summed E-state index contributed by atoms with van der Waals surface area (Å²) >= 11 is 0. The number of methoxy groups -OCH3 is 2. The van der Waals surface area contributed by atoms with Crippen molar-refractivity contribution in [2.24, 2.45) is 0 Å². The van der Waals surface area contributed by atoms with Crippen LogP contribution in [0.4, 0.5) is 0 Å². The second-order valence-corrected chi connectivity index (χ2v) is 4.69. The van der Waals surface area contributed by atoms with Crippen LogP contribution in [0.1, 0.15) is 33.1 Å². The van der Waals surface area contributed by atoms with E-state index in [4.69, 9.17) is 9.47 Å². The summed E-state index contributed by atoms with van der Waals surface area (Å²) in [6.45, 7) is 5.27. The van der Waals surface area contributed by atoms with Gasteiger partial charge in [0, 0.05) is 20.3 Å². The normalized spacial score (nSPS) is 27.4. The van der Waals surface area contributed by atoms with Crippen molar-refractivity contribution in [2.45, 2.75) is 50.9 Å². The van der Waals surface area contributed by atoms with Gasteiger partial charge in [-0.1, -0.05) is 0 Å². The van der Waals surface area contributed by atoms with Gasteiger partial charge in [0.1, 0.15) is 0 Å². The van der Waals surface area contributed by atoms with Crippen molar-refractivity contribution in [3.8, 4) is 0 Å². The lowest BCUT2D eigenvalue weighted by atomic mass is 9.89. The molecule has 0 aliphatic heterocycles. The monoisotopic (exact) mass is 201 g/mol. The molecule has 0 spiro atoms. The second-order valence-electron chi connectivity index (χ2n) is 4.69. The Kier molecular flexibility index (Phi) is 4.35. The number of hydrogen-bond acceptors (Lipinski definition) is 3. The summed E-state index contributed by atoms with van der Waals surface area (Å²) in [4.78, 5) is 0. The van der Waals surface area contributed by atoms with Crippen molar-refractivity contribution >= 4 is 0 Å². The molecule has 1 aliphatic rings. The summed E-state index contributed by atoms with van der Waals surface area (Å²) in [6.07, 6.45) is 3.86. The Balaban J connectivity index is 2.00. The maximum absolute atomic E-state index is 5.35. The van der Waals surface area contributed by atoms with E-state index < -0.39 is 0 Å². The minimum Gasteiger partial charge on any atom is -0.381 e. The highest BCUT2D eigenvalue weighted by Crippen LogP contribution is 2.22. The predicted molar refractivity (Wildman–Crippen MR) is 57.5 cm³/mol. The minimum atomic E-state index is -0.00257. The van der Waals surface area contributed by atoms with Crippen molar-refractivity contribution in [3.63, 3.8) is 0 Å². The molecular formula is C11H23NO2. The first kappa shape index (κ1) is 12.0. The van der Waals surface area contributed by atoms with E-state index >= 15 is 0 Å². The molecule has 0 atom stereocenters. The van der Waals surface area contributed by atoms with E-state index in [9.17, 15) is 0 Å². The highest BCUT2D eigenvalue weighted by molar-refractivity contribution is 4.86. The van der Waals surface area contributed by atoms with Crippen molar-refractivity contribution in [1.29, 1.82) is 0 Å². The predicted octanol–water partition coefficient (Wildman–Crippen LogP) is 1.57. The van der Waals surface area contributed by atoms with Gasteiger partial charge in [-0.2, -0.15) is 0 Å². The fraction of sp³-hybridized carbons (Fsp3) is 1.00. The summed E-state index contributed by atoms with van der Waals surface area (Å²) < 4.78 is 10.6. The summed E-state index contributed by atoms with van der Waals surface area (Å²) in [6, 6.07) is 0.660. The molecule has 0 saturated heterocycles. The molecule has 14 heavy (non-hydrogen) atoms. The standard InChI is InChI=1S/C11H23NO2/c1-11(2,14-4)5-6-12-9-7-10(8-9)13-3/h9-10,12H,5-8H2,1-4H3. The van der Waals surface area contributed by atoms with Crippen molar-refractivity contribution < 1.29 is 9.47 Å². The third kappa shape index (κ3) is 3.56. The van der Waals surface area contributed by atoms with Gasteiger partial charge in [0.05, 0.1) is 11.7 Å². The van der Waals surface area contributed by atoms with E-state index in [1.54, 1.807) is 14.2 Å². The Morgan fingerprint density at radius 2 is 1.93 bits per heavy atom. The number of nitrogens with one attached hydrogen (secondary N) is 1. The lowest BCUT2D eigenvalue weighted by Crippen LogP contribution is -2.46. The van der Waals surface area contributed by atoms with Crippen molar-refractivity contribution in [2.75, 3.05) is 20.8 Å². The van der Waals surface area contributed by atoms with Gasteiger partial charge in [-0.05, 0) is 39.7 Å². The summed E-state index contributed by atoms with van der Waals surface area (Å²) in [5.74, 6) is 0. The van der Waals surface area contributed by atoms with E-state index in [0.29, 0.717) is 12.1 Å². The molecular weight excluding hydrogens is 178 g/mol. The first-order valence-electron chi connectivity index (χ1n) is 5.39. The quantitative estimate of drug-likeness (QED) is 0.707. The average Bonchev–Trinajstić information content (AvgIpc) is 2.09. The molecule has 1 aliphatic carbocycles. The fourth-order valence-corrected chi connectivity index (χ4v) is 1.60. The molecule has 0 aromatic rings. The summed E-state index contributed by atoms with van der Waals surface area (Å²) in [5.41, 5.74) is -0.00257. The lowest BCUT2D eigenvalue weighted by Gasteiger charge is -2.35. The number of rotatable bonds is 6. The van der Waals surface area contributed by atoms with Gasteiger partial charge >= 0.3 is 0 Å². The molecule has 1 saturated carbocycles. The molecule has 1 N–H and O–H groups in total. The molecule has 0 aromatic heterocycles. The van der Waals surface area contributed by atoms with Gasteiger partial charge in [0.2, 0.25) is 0 Å². The molecule has 0 bridgehead atoms. The number of ether oxygens (including phenoxy) is 2. The van der Waals surface area contributed by atoms with Crippen LogP contribution in [0.5, 0.6) is 0 Å². The topological polar surface area (TPSA) is 30.5 Å². The minimum absolute atomic E-state index is 0.00257. The van der Waals surface area contributed by atoms with Crippen molar-refractivity contribution in [1.82, 2.24) is 5.32 Å². The zero-order valence-electron chi connectivity index (χ0n) is 9.80. The van der Waals surface area contributed by atoms with Crippen LogP contribution in [-0.2, 0) is 9.47 Å². The largest absolute Gasteiger partial charge is 0.381 e. The van der Waals surface area contributed by atoms with E-state index in [2.05, 4.69) is 19.2 Å². The maximum atomic E-state index is 5.35. The molecule has 0 heterocycles. The SMILES string of the molecule is COC1CC(NCCC(C)(C)OC)C1. The highest BCUT2D eigenvalue weighted by Gasteiger charge is 2.28. The van der Waals surface area contributed by atoms with Crippen LogP contribution in [0.25, 0.3) is 0 Å². The molecule has 1 rings (SSSR count). The van der Waals surface area contributed by atoms with E-state index in [-0.39, 0.29) is 5.60 Å². The van der Waals surface area contributed by atoms with Gasteiger partial charge < -0.3 is 14.8 Å². The van der Waals surface area contributed by atoms with Gasteiger partial charge in [-0.15, -0.1) is 0 Å². The zero-order valence-corrected chi connectivity index (χ0v) is 9.80. The van der Waals surface area contributed by atoms with Gasteiger partial charge in [0.15, 0.2) is 0 Å². The Bertz CT molecular complexity index is 165. The second kappa shape index (κ2) is 5.10. The van der Waals surface area contributed by atoms with Crippen LogP contribution >= 0.6 is 0 Å². The molecule has 1 fully saturated rings. The Morgan fingerprint density at radius 3 is 2.43 bits per heavy atom. The average molecular weight is 201 g/mol. The molecule has 84 valence electrons. The summed E-state index contributed by atoms with van der Waals surface area (Å²) in [7, 11) is 3.55. The van der Waals surface area contributed by atoms with E-state index in [1.807, 2.05) is 0 Å². The van der Waals surface area contributed by atoms with Gasteiger partial charge in [-0.3, -0.25) is 0 Å². The smallest absolute Gasteiger partial charge is 0.0634 e. The molecule has 0 aromatic carbocycles. The first-order valence-corrected chi connectivity index (χ1v) is 5.39. The lowest BCUT2D eigenvalue weighted by molar-refractivity contribution is 0.00330. The van der Waals surface area contributed by atoms with E-state index in [0.717, 1.165) is 25.8 Å². The first-order chi connectivity index (χ1) is 6.57. The van der Waals surface area contributed by atoms with Crippen LogP contribution in [-0.4, -0.2) is 38.5 Å². The molecule has 3 nitrogen and oxygen atoms in total. The van der Waals surface area contributed by atoms with Crippen LogP contribution in [0.2, 0.25) is 0 Å². The van der Waals surface area contributed by atoms with E-state index in [1.165, 1.54) is 0 Å². The third-order valence-electron chi connectivity index (χ3n) is 3.14. The Labute approximate surface area is 87.2 Å². The maximum Gasteiger partial charge on any atom is 0.0634 e.